The highest BCUT2D eigenvalue weighted by atomic mass is 32.2. The average molecular weight is 351 g/mol. The molecule has 1 aliphatic heterocycles. The minimum absolute atomic E-state index is 0.0510. The first kappa shape index (κ1) is 18.3. The first-order chi connectivity index (χ1) is 11.1. The van der Waals surface area contributed by atoms with Gasteiger partial charge in [0, 0.05) is 0 Å². The van der Waals surface area contributed by atoms with E-state index in [4.69, 9.17) is 4.74 Å². The Hall–Kier alpha value is -2.02. The number of sulfone groups is 1. The van der Waals surface area contributed by atoms with Crippen molar-refractivity contribution in [3.05, 3.63) is 35.9 Å². The van der Waals surface area contributed by atoms with Gasteiger partial charge in [-0.1, -0.05) is 32.0 Å². The topological polar surface area (TPSA) is 100 Å². The van der Waals surface area contributed by atoms with Crippen molar-refractivity contribution in [3.63, 3.8) is 0 Å². The fourth-order valence-electron chi connectivity index (χ4n) is 2.74. The number of nitrogens with zero attached hydrogens (tertiary/aromatic N) is 3. The molecule has 0 radical (unpaired) electrons. The van der Waals surface area contributed by atoms with Gasteiger partial charge >= 0.3 is 11.0 Å². The Bertz CT molecular complexity index is 781. The van der Waals surface area contributed by atoms with E-state index in [1.54, 1.807) is 19.9 Å². The van der Waals surface area contributed by atoms with E-state index in [2.05, 4.69) is 4.79 Å². The lowest BCUT2D eigenvalue weighted by Crippen LogP contribution is -2.53. The normalized spacial score (nSPS) is 20.0. The van der Waals surface area contributed by atoms with Gasteiger partial charge < -0.3 is 10.3 Å². The molecule has 1 fully saturated rings. The second-order valence-corrected chi connectivity index (χ2v) is 8.33. The van der Waals surface area contributed by atoms with E-state index in [1.165, 1.54) is 29.2 Å². The van der Waals surface area contributed by atoms with Crippen molar-refractivity contribution < 1.29 is 22.7 Å². The van der Waals surface area contributed by atoms with Gasteiger partial charge in [-0.2, -0.15) is 0 Å². The summed E-state index contributed by atoms with van der Waals surface area (Å²) in [6.45, 7) is 7.48. The Morgan fingerprint density at radius 1 is 1.33 bits per heavy atom. The summed E-state index contributed by atoms with van der Waals surface area (Å²) in [4.78, 5) is 17.0. The van der Waals surface area contributed by atoms with Crippen LogP contribution < -0.4 is 0 Å². The van der Waals surface area contributed by atoms with Crippen LogP contribution >= 0.6 is 0 Å². The summed E-state index contributed by atoms with van der Waals surface area (Å²) in [5.74, 6) is -0.822. The van der Waals surface area contributed by atoms with E-state index in [-0.39, 0.29) is 16.9 Å². The predicted molar refractivity (Wildman–Crippen MR) is 87.8 cm³/mol. The van der Waals surface area contributed by atoms with Crippen molar-refractivity contribution in [3.8, 4) is 0 Å². The van der Waals surface area contributed by atoms with Crippen LogP contribution in [0.25, 0.3) is 5.53 Å². The van der Waals surface area contributed by atoms with E-state index in [0.29, 0.717) is 6.61 Å². The van der Waals surface area contributed by atoms with Crippen LogP contribution in [0.15, 0.2) is 35.2 Å². The molecule has 1 saturated heterocycles. The molecule has 130 valence electrons. The SMILES string of the molecule is CC(C)C1COC(C)(C)N1C(=O)C(=[N+]=[N-])S(=O)(=O)c1ccccc1. The molecule has 7 nitrogen and oxygen atoms in total. The number of rotatable bonds is 2. The molecule has 0 bridgehead atoms. The molecule has 0 N–H and O–H groups in total. The zero-order chi connectivity index (χ0) is 18.1. The van der Waals surface area contributed by atoms with E-state index >= 15 is 0 Å². The molecule has 1 aromatic rings. The number of amides is 1. The molecule has 0 spiro atoms. The summed E-state index contributed by atoms with van der Waals surface area (Å²) < 4.78 is 31.0. The number of carbonyl (C=O) groups excluding carboxylic acids is 1. The Morgan fingerprint density at radius 2 is 1.92 bits per heavy atom. The van der Waals surface area contributed by atoms with Crippen molar-refractivity contribution in [1.82, 2.24) is 4.90 Å². The molecule has 0 aromatic heterocycles. The van der Waals surface area contributed by atoms with Crippen molar-refractivity contribution in [2.75, 3.05) is 6.61 Å². The van der Waals surface area contributed by atoms with Crippen molar-refractivity contribution in [2.24, 2.45) is 5.92 Å². The third-order valence-electron chi connectivity index (χ3n) is 4.09. The van der Waals surface area contributed by atoms with Gasteiger partial charge in [0.2, 0.25) is 0 Å². The molecule has 1 aromatic carbocycles. The number of hydrogen-bond donors (Lipinski definition) is 0. The second kappa shape index (κ2) is 6.47. The molecule has 0 saturated carbocycles. The zero-order valence-corrected chi connectivity index (χ0v) is 14.9. The summed E-state index contributed by atoms with van der Waals surface area (Å²) in [5, 5.41) is -0.905. The predicted octanol–water partition coefficient (Wildman–Crippen LogP) is 1.71. The molecular formula is C16H21N3O4S. The number of hydrogen-bond acceptors (Lipinski definition) is 4. The summed E-state index contributed by atoms with van der Waals surface area (Å²) in [6.07, 6.45) is 0. The lowest BCUT2D eigenvalue weighted by atomic mass is 10.0. The van der Waals surface area contributed by atoms with E-state index in [9.17, 15) is 18.7 Å². The molecule has 0 aliphatic carbocycles. The minimum Gasteiger partial charge on any atom is -0.360 e. The van der Waals surface area contributed by atoms with Crippen LogP contribution in [0.3, 0.4) is 0 Å². The van der Waals surface area contributed by atoms with Gasteiger partial charge in [0.25, 0.3) is 9.84 Å². The van der Waals surface area contributed by atoms with Crippen LogP contribution in [0.2, 0.25) is 0 Å². The van der Waals surface area contributed by atoms with Gasteiger partial charge in [-0.25, -0.2) is 8.42 Å². The Labute approximate surface area is 141 Å². The highest BCUT2D eigenvalue weighted by Gasteiger charge is 2.51. The highest BCUT2D eigenvalue weighted by Crippen LogP contribution is 2.32. The Morgan fingerprint density at radius 3 is 2.42 bits per heavy atom. The maximum Gasteiger partial charge on any atom is 0.473 e. The molecule has 24 heavy (non-hydrogen) atoms. The maximum absolute atomic E-state index is 12.9. The van der Waals surface area contributed by atoms with Crippen molar-refractivity contribution in [1.29, 1.82) is 0 Å². The summed E-state index contributed by atoms with van der Waals surface area (Å²) in [5.41, 5.74) is 8.28. The van der Waals surface area contributed by atoms with Crippen LogP contribution in [-0.2, 0) is 19.4 Å². The maximum atomic E-state index is 12.9. The van der Waals surface area contributed by atoms with Crippen LogP contribution in [0, 0.1) is 5.92 Å². The van der Waals surface area contributed by atoms with Gasteiger partial charge in [-0.05, 0) is 31.9 Å². The smallest absolute Gasteiger partial charge is 0.360 e. The lowest BCUT2D eigenvalue weighted by molar-refractivity contribution is -0.143. The van der Waals surface area contributed by atoms with Crippen LogP contribution in [0.1, 0.15) is 27.7 Å². The second-order valence-electron chi connectivity index (χ2n) is 6.47. The zero-order valence-electron chi connectivity index (χ0n) is 14.1. The fourth-order valence-corrected chi connectivity index (χ4v) is 3.92. The van der Waals surface area contributed by atoms with Crippen LogP contribution in [0.4, 0.5) is 0 Å². The molecular weight excluding hydrogens is 330 g/mol. The van der Waals surface area contributed by atoms with Crippen LogP contribution in [-0.4, -0.2) is 47.4 Å². The number of carbonyl (C=O) groups is 1. The Kier molecular flexibility index (Phi) is 4.94. The number of ether oxygens (including phenoxy) is 1. The molecule has 1 heterocycles. The van der Waals surface area contributed by atoms with Gasteiger partial charge in [0.05, 0.1) is 17.5 Å². The first-order valence-corrected chi connectivity index (χ1v) is 9.11. The lowest BCUT2D eigenvalue weighted by Gasteiger charge is -2.33. The van der Waals surface area contributed by atoms with Crippen molar-refractivity contribution >= 4 is 20.8 Å². The molecule has 1 unspecified atom stereocenters. The minimum atomic E-state index is -4.23. The molecule has 1 amide bonds. The Balaban J connectivity index is 2.48. The average Bonchev–Trinajstić information content (AvgIpc) is 2.84. The third-order valence-corrected chi connectivity index (χ3v) is 5.75. The first-order valence-electron chi connectivity index (χ1n) is 7.62. The van der Waals surface area contributed by atoms with Gasteiger partial charge in [0.1, 0.15) is 5.72 Å². The molecule has 1 aliphatic rings. The molecule has 1 atom stereocenters. The monoisotopic (exact) mass is 351 g/mol. The van der Waals surface area contributed by atoms with Crippen molar-refractivity contribution in [2.45, 2.75) is 44.4 Å². The van der Waals surface area contributed by atoms with E-state index in [0.717, 1.165) is 0 Å². The highest BCUT2D eigenvalue weighted by molar-refractivity contribution is 8.08. The summed E-state index contributed by atoms with van der Waals surface area (Å²) in [6, 6.07) is 7.11. The van der Waals surface area contributed by atoms with Gasteiger partial charge in [0.15, 0.2) is 0 Å². The molecule has 2 rings (SSSR count). The summed E-state index contributed by atoms with van der Waals surface area (Å²) in [7, 11) is -4.23. The largest absolute Gasteiger partial charge is 0.473 e. The summed E-state index contributed by atoms with van der Waals surface area (Å²) >= 11 is 0. The van der Waals surface area contributed by atoms with Gasteiger partial charge in [-0.15, -0.1) is 4.79 Å². The number of benzene rings is 1. The van der Waals surface area contributed by atoms with Crippen LogP contribution in [0.5, 0.6) is 0 Å². The fraction of sp³-hybridized carbons (Fsp3) is 0.500. The van der Waals surface area contributed by atoms with E-state index < -0.39 is 26.5 Å². The third kappa shape index (κ3) is 3.13. The standard InChI is InChI=1S/C16H21N3O4S/c1-11(2)13-10-23-16(3,4)19(13)15(20)14(18-17)24(21,22)12-8-6-5-7-9-12/h5-9,11,13H,10H2,1-4H3. The molecule has 8 heteroatoms. The van der Waals surface area contributed by atoms with Gasteiger partial charge in [-0.3, -0.25) is 9.69 Å². The quantitative estimate of drug-likeness (QED) is 0.350. The van der Waals surface area contributed by atoms with E-state index in [1.807, 2.05) is 13.8 Å².